The maximum Gasteiger partial charge on any atom is 0.354 e. The Hall–Kier alpha value is -2.81. The molecule has 9 nitrogen and oxygen atoms in total. The van der Waals surface area contributed by atoms with Gasteiger partial charge in [0.1, 0.15) is 5.69 Å². The van der Waals surface area contributed by atoms with Crippen LogP contribution >= 0.6 is 0 Å². The number of aliphatic hydroxyl groups excluding tert-OH is 1. The molecule has 3 N–H and O–H groups in total. The lowest BCUT2D eigenvalue weighted by molar-refractivity contribution is 0.0685. The number of pyridine rings is 1. The molecule has 0 aromatic carbocycles. The van der Waals surface area contributed by atoms with Crippen molar-refractivity contribution in [3.8, 4) is 5.69 Å². The van der Waals surface area contributed by atoms with Gasteiger partial charge in [-0.1, -0.05) is 5.21 Å². The molecule has 0 aliphatic rings. The monoisotopic (exact) mass is 264 g/mol. The molecule has 0 amide bonds. The molecule has 0 saturated heterocycles. The van der Waals surface area contributed by atoms with Crippen LogP contribution in [0.5, 0.6) is 0 Å². The molecule has 9 heteroatoms. The molecule has 0 bridgehead atoms. The number of hydrogen-bond acceptors (Lipinski definition) is 6. The quantitative estimate of drug-likeness (QED) is 0.674. The highest BCUT2D eigenvalue weighted by Gasteiger charge is 2.15. The lowest BCUT2D eigenvalue weighted by Crippen LogP contribution is -2.10. The van der Waals surface area contributed by atoms with Gasteiger partial charge in [-0.2, -0.15) is 0 Å². The zero-order valence-electron chi connectivity index (χ0n) is 9.39. The van der Waals surface area contributed by atoms with Crippen molar-refractivity contribution in [1.29, 1.82) is 0 Å². The second kappa shape index (κ2) is 4.82. The molecule has 98 valence electrons. The van der Waals surface area contributed by atoms with Crippen molar-refractivity contribution in [2.24, 2.45) is 0 Å². The third kappa shape index (κ3) is 2.55. The van der Waals surface area contributed by atoms with Crippen molar-refractivity contribution >= 4 is 11.9 Å². The van der Waals surface area contributed by atoms with E-state index < -0.39 is 23.3 Å². The molecule has 0 aliphatic heterocycles. The summed E-state index contributed by atoms with van der Waals surface area (Å²) < 4.78 is 1.16. The Kier molecular flexibility index (Phi) is 3.21. The minimum Gasteiger partial charge on any atom is -0.477 e. The van der Waals surface area contributed by atoms with Crippen LogP contribution in [-0.2, 0) is 6.61 Å². The van der Waals surface area contributed by atoms with E-state index in [-0.39, 0.29) is 18.0 Å². The lowest BCUT2D eigenvalue weighted by Gasteiger charge is -2.03. The van der Waals surface area contributed by atoms with Gasteiger partial charge in [0.2, 0.25) is 0 Å². The topological polar surface area (TPSA) is 138 Å². The molecule has 0 saturated carbocycles. The zero-order chi connectivity index (χ0) is 14.0. The van der Waals surface area contributed by atoms with Gasteiger partial charge in [-0.25, -0.2) is 19.3 Å². The van der Waals surface area contributed by atoms with Crippen LogP contribution in [0.4, 0.5) is 0 Å². The number of carbonyl (C=O) groups is 2. The predicted molar refractivity (Wildman–Crippen MR) is 59.0 cm³/mol. The van der Waals surface area contributed by atoms with Crippen molar-refractivity contribution in [3.63, 3.8) is 0 Å². The van der Waals surface area contributed by atoms with Crippen LogP contribution in [0.2, 0.25) is 0 Å². The number of carboxylic acids is 2. The summed E-state index contributed by atoms with van der Waals surface area (Å²) in [4.78, 5) is 25.2. The molecule has 0 radical (unpaired) electrons. The van der Waals surface area contributed by atoms with Crippen LogP contribution in [0.3, 0.4) is 0 Å². The van der Waals surface area contributed by atoms with Gasteiger partial charge in [0.15, 0.2) is 11.4 Å². The molecule has 2 rings (SSSR count). The van der Waals surface area contributed by atoms with E-state index in [9.17, 15) is 9.59 Å². The van der Waals surface area contributed by atoms with E-state index in [2.05, 4.69) is 15.3 Å². The minimum atomic E-state index is -1.35. The first kappa shape index (κ1) is 12.6. The fourth-order valence-corrected chi connectivity index (χ4v) is 1.36. The maximum atomic E-state index is 10.9. The number of rotatable bonds is 4. The molecule has 0 unspecified atom stereocenters. The molecule has 0 aliphatic carbocycles. The van der Waals surface area contributed by atoms with Crippen molar-refractivity contribution in [2.45, 2.75) is 6.61 Å². The van der Waals surface area contributed by atoms with E-state index in [1.54, 1.807) is 0 Å². The molecular formula is C10H8N4O5. The Bertz CT molecular complexity index is 619. The predicted octanol–water partition coefficient (Wildman–Crippen LogP) is -0.449. The number of hydrogen-bond donors (Lipinski definition) is 3. The van der Waals surface area contributed by atoms with Crippen molar-refractivity contribution < 1.29 is 24.9 Å². The van der Waals surface area contributed by atoms with Crippen molar-refractivity contribution in [3.05, 3.63) is 35.4 Å². The van der Waals surface area contributed by atoms with Crippen LogP contribution < -0.4 is 0 Å². The van der Waals surface area contributed by atoms with E-state index in [1.165, 1.54) is 6.20 Å². The first-order valence-corrected chi connectivity index (χ1v) is 5.02. The molecule has 19 heavy (non-hydrogen) atoms. The molecule has 2 aromatic rings. The molecule has 2 aromatic heterocycles. The number of aromatic carboxylic acids is 2. The average molecular weight is 264 g/mol. The largest absolute Gasteiger partial charge is 0.477 e. The summed E-state index contributed by atoms with van der Waals surface area (Å²) >= 11 is 0. The Morgan fingerprint density at radius 1 is 1.16 bits per heavy atom. The van der Waals surface area contributed by atoms with E-state index in [0.717, 1.165) is 16.8 Å². The summed E-state index contributed by atoms with van der Waals surface area (Å²) in [5.41, 5.74) is -0.394. The summed E-state index contributed by atoms with van der Waals surface area (Å²) in [7, 11) is 0. The fourth-order valence-electron chi connectivity index (χ4n) is 1.36. The van der Waals surface area contributed by atoms with Crippen LogP contribution in [-0.4, -0.2) is 47.2 Å². The van der Waals surface area contributed by atoms with Gasteiger partial charge in [0.05, 0.1) is 18.5 Å². The third-order valence-corrected chi connectivity index (χ3v) is 2.22. The molecule has 0 atom stereocenters. The highest BCUT2D eigenvalue weighted by atomic mass is 16.4. The van der Waals surface area contributed by atoms with Crippen LogP contribution in [0.1, 0.15) is 26.7 Å². The standard InChI is InChI=1S/C10H8N4O5/c15-4-5-3-14(13-12-5)6-1-7(9(16)17)11-8(2-6)10(18)19/h1-3,15H,4H2,(H,16,17)(H,18,19). The summed E-state index contributed by atoms with van der Waals surface area (Å²) in [6.07, 6.45) is 1.35. The van der Waals surface area contributed by atoms with Gasteiger partial charge < -0.3 is 15.3 Å². The van der Waals surface area contributed by atoms with Gasteiger partial charge in [-0.15, -0.1) is 5.10 Å². The summed E-state index contributed by atoms with van der Waals surface area (Å²) in [5.74, 6) is -2.71. The first-order valence-electron chi connectivity index (χ1n) is 5.02. The summed E-state index contributed by atoms with van der Waals surface area (Å²) in [5, 5.41) is 33.9. The first-order chi connectivity index (χ1) is 9.01. The number of aliphatic hydroxyl groups is 1. The Morgan fingerprint density at radius 2 is 1.74 bits per heavy atom. The smallest absolute Gasteiger partial charge is 0.354 e. The number of nitrogens with zero attached hydrogens (tertiary/aromatic N) is 4. The van der Waals surface area contributed by atoms with E-state index in [1.807, 2.05) is 0 Å². The zero-order valence-corrected chi connectivity index (χ0v) is 9.39. The second-order valence-corrected chi connectivity index (χ2v) is 3.52. The van der Waals surface area contributed by atoms with E-state index in [0.29, 0.717) is 0 Å². The van der Waals surface area contributed by atoms with Gasteiger partial charge >= 0.3 is 11.9 Å². The second-order valence-electron chi connectivity index (χ2n) is 3.52. The Labute approximate surface area is 105 Å². The van der Waals surface area contributed by atoms with Crippen molar-refractivity contribution in [2.75, 3.05) is 0 Å². The minimum absolute atomic E-state index is 0.178. The average Bonchev–Trinajstić information content (AvgIpc) is 2.86. The van der Waals surface area contributed by atoms with Crippen LogP contribution in [0, 0.1) is 0 Å². The van der Waals surface area contributed by atoms with Crippen LogP contribution in [0.25, 0.3) is 5.69 Å². The molecule has 2 heterocycles. The van der Waals surface area contributed by atoms with E-state index >= 15 is 0 Å². The summed E-state index contributed by atoms with van der Waals surface area (Å²) in [6.45, 7) is -0.331. The maximum absolute atomic E-state index is 10.9. The highest BCUT2D eigenvalue weighted by molar-refractivity contribution is 5.90. The van der Waals surface area contributed by atoms with Gasteiger partial charge in [0, 0.05) is 0 Å². The van der Waals surface area contributed by atoms with Crippen molar-refractivity contribution in [1.82, 2.24) is 20.0 Å². The van der Waals surface area contributed by atoms with Crippen LogP contribution in [0.15, 0.2) is 18.3 Å². The van der Waals surface area contributed by atoms with Gasteiger partial charge in [-0.3, -0.25) is 0 Å². The Morgan fingerprint density at radius 3 is 2.16 bits per heavy atom. The number of carboxylic acid groups (broad SMARTS) is 2. The van der Waals surface area contributed by atoms with Gasteiger partial charge in [0.25, 0.3) is 0 Å². The van der Waals surface area contributed by atoms with Gasteiger partial charge in [-0.05, 0) is 12.1 Å². The molecule has 0 spiro atoms. The normalized spacial score (nSPS) is 10.4. The highest BCUT2D eigenvalue weighted by Crippen LogP contribution is 2.11. The molecular weight excluding hydrogens is 256 g/mol. The molecule has 0 fully saturated rings. The summed E-state index contributed by atoms with van der Waals surface area (Å²) in [6, 6.07) is 2.31. The SMILES string of the molecule is O=C(O)c1cc(-n2cc(CO)nn2)cc(C(=O)O)n1. The fraction of sp³-hybridized carbons (Fsp3) is 0.100. The van der Waals surface area contributed by atoms with E-state index in [4.69, 9.17) is 15.3 Å². The lowest BCUT2D eigenvalue weighted by atomic mass is 10.2. The Balaban J connectivity index is 2.55. The number of aromatic nitrogens is 4. The third-order valence-electron chi connectivity index (χ3n) is 2.22.